The Morgan fingerprint density at radius 1 is 0.931 bits per heavy atom. The van der Waals surface area contributed by atoms with Gasteiger partial charge in [0.05, 0.1) is 11.7 Å². The van der Waals surface area contributed by atoms with Crippen molar-refractivity contribution < 1.29 is 9.59 Å². The lowest BCUT2D eigenvalue weighted by Gasteiger charge is -2.21. The smallest absolute Gasteiger partial charge is 0.239 e. The van der Waals surface area contributed by atoms with Crippen LogP contribution < -0.4 is 10.2 Å². The molecule has 29 heavy (non-hydrogen) atoms. The van der Waals surface area contributed by atoms with E-state index in [2.05, 4.69) is 5.32 Å². The van der Waals surface area contributed by atoms with E-state index >= 15 is 0 Å². The lowest BCUT2D eigenvalue weighted by molar-refractivity contribution is -0.132. The molecule has 1 N–H and O–H groups in total. The van der Waals surface area contributed by atoms with E-state index in [-0.39, 0.29) is 17.9 Å². The van der Waals surface area contributed by atoms with Crippen LogP contribution in [0.5, 0.6) is 0 Å². The van der Waals surface area contributed by atoms with Crippen molar-refractivity contribution >= 4 is 17.5 Å². The van der Waals surface area contributed by atoms with Crippen molar-refractivity contribution in [2.75, 3.05) is 11.4 Å². The summed E-state index contributed by atoms with van der Waals surface area (Å²) in [6, 6.07) is 27.5. The van der Waals surface area contributed by atoms with Gasteiger partial charge in [-0.3, -0.25) is 9.59 Å². The van der Waals surface area contributed by atoms with Crippen LogP contribution in [0.15, 0.2) is 84.9 Å². The van der Waals surface area contributed by atoms with Crippen LogP contribution in [0.3, 0.4) is 0 Å². The fraction of sp³-hybridized carbons (Fsp3) is 0.200. The molecule has 3 aromatic rings. The molecule has 4 nitrogen and oxygen atoms in total. The van der Waals surface area contributed by atoms with E-state index in [0.29, 0.717) is 13.0 Å². The van der Waals surface area contributed by atoms with Gasteiger partial charge in [0, 0.05) is 12.1 Å². The predicted molar refractivity (Wildman–Crippen MR) is 115 cm³/mol. The van der Waals surface area contributed by atoms with Crippen LogP contribution in [0.1, 0.15) is 24.9 Å². The number of rotatable bonds is 5. The summed E-state index contributed by atoms with van der Waals surface area (Å²) in [4.78, 5) is 27.7. The SMILES string of the molecule is CC(NC(=O)C1CCN(c2ccccc2-c2ccccc2)C1=O)c1ccccc1. The first-order valence-corrected chi connectivity index (χ1v) is 9.96. The van der Waals surface area contributed by atoms with Crippen molar-refractivity contribution in [2.45, 2.75) is 19.4 Å². The minimum absolute atomic E-state index is 0.133. The highest BCUT2D eigenvalue weighted by atomic mass is 16.2. The molecule has 2 atom stereocenters. The first-order valence-electron chi connectivity index (χ1n) is 9.96. The Labute approximate surface area is 171 Å². The molecule has 3 aromatic carbocycles. The quantitative estimate of drug-likeness (QED) is 0.655. The second-order valence-electron chi connectivity index (χ2n) is 7.36. The molecular formula is C25H24N2O2. The molecule has 0 radical (unpaired) electrons. The van der Waals surface area contributed by atoms with E-state index in [9.17, 15) is 9.59 Å². The second kappa shape index (κ2) is 8.31. The molecule has 0 aromatic heterocycles. The summed E-state index contributed by atoms with van der Waals surface area (Å²) in [5, 5.41) is 3.00. The number of hydrogen-bond donors (Lipinski definition) is 1. The van der Waals surface area contributed by atoms with E-state index in [1.165, 1.54) is 0 Å². The number of para-hydroxylation sites is 1. The summed E-state index contributed by atoms with van der Waals surface area (Å²) in [6.07, 6.45) is 0.523. The van der Waals surface area contributed by atoms with Crippen LogP contribution in [0.4, 0.5) is 5.69 Å². The van der Waals surface area contributed by atoms with Crippen molar-refractivity contribution in [2.24, 2.45) is 5.92 Å². The van der Waals surface area contributed by atoms with Gasteiger partial charge in [0.2, 0.25) is 11.8 Å². The van der Waals surface area contributed by atoms with E-state index in [0.717, 1.165) is 22.4 Å². The second-order valence-corrected chi connectivity index (χ2v) is 7.36. The molecule has 1 heterocycles. The first kappa shape index (κ1) is 18.9. The Balaban J connectivity index is 1.52. The third kappa shape index (κ3) is 3.92. The zero-order chi connectivity index (χ0) is 20.2. The minimum atomic E-state index is -0.648. The van der Waals surface area contributed by atoms with Gasteiger partial charge in [-0.15, -0.1) is 0 Å². The Hall–Kier alpha value is -3.40. The molecule has 1 aliphatic heterocycles. The highest BCUT2D eigenvalue weighted by Crippen LogP contribution is 2.34. The average Bonchev–Trinajstić information content (AvgIpc) is 3.16. The van der Waals surface area contributed by atoms with Crippen molar-refractivity contribution in [3.8, 4) is 11.1 Å². The van der Waals surface area contributed by atoms with Crippen molar-refractivity contribution in [3.63, 3.8) is 0 Å². The van der Waals surface area contributed by atoms with Gasteiger partial charge in [-0.25, -0.2) is 0 Å². The van der Waals surface area contributed by atoms with Crippen LogP contribution in [0.25, 0.3) is 11.1 Å². The number of nitrogens with zero attached hydrogens (tertiary/aromatic N) is 1. The lowest BCUT2D eigenvalue weighted by Crippen LogP contribution is -2.38. The number of anilines is 1. The van der Waals surface area contributed by atoms with Crippen LogP contribution >= 0.6 is 0 Å². The van der Waals surface area contributed by atoms with Gasteiger partial charge in [-0.2, -0.15) is 0 Å². The van der Waals surface area contributed by atoms with Gasteiger partial charge in [-0.05, 0) is 30.5 Å². The summed E-state index contributed by atoms with van der Waals surface area (Å²) in [7, 11) is 0. The largest absolute Gasteiger partial charge is 0.349 e. The molecule has 0 bridgehead atoms. The Bertz CT molecular complexity index is 1000. The Morgan fingerprint density at radius 2 is 1.55 bits per heavy atom. The maximum absolute atomic E-state index is 13.1. The molecule has 2 amide bonds. The molecule has 0 spiro atoms. The van der Waals surface area contributed by atoms with Crippen molar-refractivity contribution in [1.82, 2.24) is 5.32 Å². The third-order valence-electron chi connectivity index (χ3n) is 5.46. The number of amides is 2. The molecule has 0 saturated carbocycles. The highest BCUT2D eigenvalue weighted by Gasteiger charge is 2.38. The van der Waals surface area contributed by atoms with E-state index in [1.54, 1.807) is 4.90 Å². The summed E-state index contributed by atoms with van der Waals surface area (Å²) in [5.74, 6) is -0.984. The van der Waals surface area contributed by atoms with Crippen LogP contribution in [-0.2, 0) is 9.59 Å². The maximum Gasteiger partial charge on any atom is 0.239 e. The molecule has 2 unspecified atom stereocenters. The van der Waals surface area contributed by atoms with Crippen LogP contribution in [-0.4, -0.2) is 18.4 Å². The van der Waals surface area contributed by atoms with Gasteiger partial charge in [0.25, 0.3) is 0 Å². The summed E-state index contributed by atoms with van der Waals surface area (Å²) in [5.41, 5.74) is 3.94. The standard InChI is InChI=1S/C25H24N2O2/c1-18(19-10-4-2-5-11-19)26-24(28)22-16-17-27(25(22)29)23-15-9-8-14-21(23)20-12-6-3-7-13-20/h2-15,18,22H,16-17H2,1H3,(H,26,28). The highest BCUT2D eigenvalue weighted by molar-refractivity contribution is 6.11. The van der Waals surface area contributed by atoms with Crippen molar-refractivity contribution in [1.29, 1.82) is 0 Å². The monoisotopic (exact) mass is 384 g/mol. The average molecular weight is 384 g/mol. The number of hydrogen-bond acceptors (Lipinski definition) is 2. The number of nitrogens with one attached hydrogen (secondary N) is 1. The minimum Gasteiger partial charge on any atom is -0.349 e. The Kier molecular flexibility index (Phi) is 5.43. The molecule has 1 saturated heterocycles. The van der Waals surface area contributed by atoms with Crippen LogP contribution in [0.2, 0.25) is 0 Å². The van der Waals surface area contributed by atoms with Gasteiger partial charge >= 0.3 is 0 Å². The molecule has 0 aliphatic carbocycles. The predicted octanol–water partition coefficient (Wildman–Crippen LogP) is 4.58. The van der Waals surface area contributed by atoms with E-state index in [4.69, 9.17) is 0 Å². The molecular weight excluding hydrogens is 360 g/mol. The van der Waals surface area contributed by atoms with Gasteiger partial charge in [0.15, 0.2) is 0 Å². The number of benzene rings is 3. The molecule has 4 heteroatoms. The first-order chi connectivity index (χ1) is 14.1. The summed E-state index contributed by atoms with van der Waals surface area (Å²) in [6.45, 7) is 2.48. The molecule has 4 rings (SSSR count). The third-order valence-corrected chi connectivity index (χ3v) is 5.46. The zero-order valence-electron chi connectivity index (χ0n) is 16.4. The topological polar surface area (TPSA) is 49.4 Å². The fourth-order valence-electron chi connectivity index (χ4n) is 3.87. The molecule has 1 fully saturated rings. The maximum atomic E-state index is 13.1. The zero-order valence-corrected chi connectivity index (χ0v) is 16.4. The molecule has 1 aliphatic rings. The summed E-state index contributed by atoms with van der Waals surface area (Å²) < 4.78 is 0. The summed E-state index contributed by atoms with van der Waals surface area (Å²) >= 11 is 0. The normalized spacial score (nSPS) is 17.2. The van der Waals surface area contributed by atoms with Crippen molar-refractivity contribution in [3.05, 3.63) is 90.5 Å². The molecule has 146 valence electrons. The van der Waals surface area contributed by atoms with Gasteiger partial charge in [-0.1, -0.05) is 78.9 Å². The van der Waals surface area contributed by atoms with Gasteiger partial charge < -0.3 is 10.2 Å². The number of carbonyl (C=O) groups is 2. The number of carbonyl (C=O) groups excluding carboxylic acids is 2. The fourth-order valence-corrected chi connectivity index (χ4v) is 3.87. The van der Waals surface area contributed by atoms with E-state index in [1.807, 2.05) is 91.9 Å². The lowest BCUT2D eigenvalue weighted by atomic mass is 10.0. The van der Waals surface area contributed by atoms with Gasteiger partial charge in [0.1, 0.15) is 5.92 Å². The van der Waals surface area contributed by atoms with E-state index < -0.39 is 5.92 Å². The Morgan fingerprint density at radius 3 is 2.28 bits per heavy atom. The van der Waals surface area contributed by atoms with Crippen LogP contribution in [0, 0.1) is 5.92 Å².